The third kappa shape index (κ3) is 3.50. The number of hydrogen-bond donors (Lipinski definition) is 1. The van der Waals surface area contributed by atoms with Gasteiger partial charge in [-0.15, -0.1) is 0 Å². The average molecular weight is 441 g/mol. The highest BCUT2D eigenvalue weighted by Crippen LogP contribution is 2.73. The lowest BCUT2D eigenvalue weighted by atomic mass is 9.35. The quantitative estimate of drug-likeness (QED) is 0.277. The van der Waals surface area contributed by atoms with Crippen molar-refractivity contribution in [1.29, 1.82) is 0 Å². The summed E-state index contributed by atoms with van der Waals surface area (Å²) in [6.45, 7) is 16.9. The van der Waals surface area contributed by atoms with Crippen LogP contribution in [0.3, 0.4) is 0 Å². The molecule has 180 valence electrons. The zero-order chi connectivity index (χ0) is 23.6. The molecule has 2 nitrogen and oxygen atoms in total. The Bertz CT molecular complexity index is 821. The van der Waals surface area contributed by atoms with Crippen molar-refractivity contribution < 1.29 is 9.90 Å². The SMILES string of the molecule is CC(C=O)=CCCC1(C)CCC2(C)C3CC=C4C(CCC(O)C4(C)C)C3(C)CCC2(C)C1. The van der Waals surface area contributed by atoms with Crippen LogP contribution in [0.2, 0.25) is 0 Å². The molecule has 32 heavy (non-hydrogen) atoms. The van der Waals surface area contributed by atoms with E-state index in [0.29, 0.717) is 27.6 Å². The molecule has 3 saturated carbocycles. The molecule has 0 saturated heterocycles. The monoisotopic (exact) mass is 440 g/mol. The predicted molar refractivity (Wildman–Crippen MR) is 133 cm³/mol. The fourth-order valence-electron chi connectivity index (χ4n) is 9.19. The van der Waals surface area contributed by atoms with Crippen LogP contribution in [0.4, 0.5) is 0 Å². The topological polar surface area (TPSA) is 37.3 Å². The van der Waals surface area contributed by atoms with Crippen molar-refractivity contribution >= 4 is 6.29 Å². The molecule has 3 fully saturated rings. The lowest BCUT2D eigenvalue weighted by Gasteiger charge is -2.69. The number of allylic oxidation sites excluding steroid dienone is 3. The molecule has 0 aromatic rings. The van der Waals surface area contributed by atoms with Gasteiger partial charge in [-0.25, -0.2) is 0 Å². The van der Waals surface area contributed by atoms with Crippen LogP contribution in [0.5, 0.6) is 0 Å². The van der Waals surface area contributed by atoms with E-state index in [1.54, 1.807) is 5.57 Å². The first kappa shape index (κ1) is 24.2. The Morgan fingerprint density at radius 1 is 1.06 bits per heavy atom. The summed E-state index contributed by atoms with van der Waals surface area (Å²) in [6, 6.07) is 0. The molecule has 0 aromatic carbocycles. The van der Waals surface area contributed by atoms with E-state index >= 15 is 0 Å². The van der Waals surface area contributed by atoms with Gasteiger partial charge >= 0.3 is 0 Å². The van der Waals surface area contributed by atoms with Gasteiger partial charge in [0.25, 0.3) is 0 Å². The number of fused-ring (bicyclic) bond motifs is 5. The highest BCUT2D eigenvalue weighted by atomic mass is 16.3. The molecule has 1 N–H and O–H groups in total. The number of aldehydes is 1. The summed E-state index contributed by atoms with van der Waals surface area (Å²) in [5, 5.41) is 10.7. The molecule has 0 aromatic heterocycles. The number of aliphatic hydroxyl groups is 1. The number of rotatable bonds is 4. The van der Waals surface area contributed by atoms with Gasteiger partial charge in [-0.2, -0.15) is 0 Å². The number of carbonyl (C=O) groups is 1. The molecule has 0 spiro atoms. The maximum absolute atomic E-state index is 11.0. The van der Waals surface area contributed by atoms with Gasteiger partial charge < -0.3 is 5.11 Å². The molecule has 0 heterocycles. The minimum atomic E-state index is -0.193. The minimum absolute atomic E-state index is 0.0726. The Hall–Kier alpha value is -0.890. The van der Waals surface area contributed by atoms with Crippen LogP contribution in [-0.4, -0.2) is 17.5 Å². The minimum Gasteiger partial charge on any atom is -0.392 e. The second-order valence-corrected chi connectivity index (χ2v) is 13.9. The Kier molecular flexibility index (Phi) is 5.93. The standard InChI is InChI=1S/C30H48O2/c1-21(19-31)9-8-14-27(4)15-18-30(7)24-12-10-22-23(11-13-25(32)26(22,2)3)29(24,6)17-16-28(30,5)20-27/h9-10,19,23-25,32H,8,11-18,20H2,1-7H3. The zero-order valence-corrected chi connectivity index (χ0v) is 21.9. The van der Waals surface area contributed by atoms with Crippen LogP contribution in [-0.2, 0) is 4.79 Å². The largest absolute Gasteiger partial charge is 0.392 e. The van der Waals surface area contributed by atoms with E-state index in [4.69, 9.17) is 0 Å². The molecule has 7 unspecified atom stereocenters. The van der Waals surface area contributed by atoms with Gasteiger partial charge in [-0.05, 0) is 110 Å². The van der Waals surface area contributed by atoms with Crippen LogP contribution in [0.15, 0.2) is 23.3 Å². The van der Waals surface area contributed by atoms with Crippen molar-refractivity contribution in [3.05, 3.63) is 23.3 Å². The van der Waals surface area contributed by atoms with E-state index in [2.05, 4.69) is 53.7 Å². The number of carbonyl (C=O) groups excluding carboxylic acids is 1. The molecule has 7 atom stereocenters. The summed E-state index contributed by atoms with van der Waals surface area (Å²) in [4.78, 5) is 11.0. The van der Waals surface area contributed by atoms with Crippen molar-refractivity contribution in [3.8, 4) is 0 Å². The summed E-state index contributed by atoms with van der Waals surface area (Å²) in [7, 11) is 0. The van der Waals surface area contributed by atoms with Gasteiger partial charge in [-0.1, -0.05) is 59.3 Å². The summed E-state index contributed by atoms with van der Waals surface area (Å²) < 4.78 is 0. The average Bonchev–Trinajstić information content (AvgIpc) is 2.72. The normalized spacial score (nSPS) is 48.2. The van der Waals surface area contributed by atoms with Crippen molar-refractivity contribution in [2.75, 3.05) is 0 Å². The Morgan fingerprint density at radius 3 is 2.47 bits per heavy atom. The van der Waals surface area contributed by atoms with Crippen molar-refractivity contribution in [3.63, 3.8) is 0 Å². The number of hydrogen-bond acceptors (Lipinski definition) is 2. The molecule has 4 aliphatic rings. The summed E-state index contributed by atoms with van der Waals surface area (Å²) in [6.07, 6.45) is 17.7. The third-order valence-electron chi connectivity index (χ3n) is 11.7. The first-order chi connectivity index (χ1) is 14.8. The maximum atomic E-state index is 11.0. The Labute approximate surface area is 197 Å². The second-order valence-electron chi connectivity index (χ2n) is 13.9. The van der Waals surface area contributed by atoms with E-state index in [1.807, 2.05) is 6.92 Å². The Morgan fingerprint density at radius 2 is 1.78 bits per heavy atom. The fourth-order valence-corrected chi connectivity index (χ4v) is 9.19. The van der Waals surface area contributed by atoms with Gasteiger partial charge in [-0.3, -0.25) is 4.79 Å². The van der Waals surface area contributed by atoms with E-state index in [1.165, 1.54) is 44.9 Å². The first-order valence-electron chi connectivity index (χ1n) is 13.3. The third-order valence-corrected chi connectivity index (χ3v) is 11.7. The summed E-state index contributed by atoms with van der Waals surface area (Å²) >= 11 is 0. The highest BCUT2D eigenvalue weighted by Gasteiger charge is 2.65. The van der Waals surface area contributed by atoms with E-state index in [-0.39, 0.29) is 11.5 Å². The summed E-state index contributed by atoms with van der Waals surface area (Å²) in [5.41, 5.74) is 3.90. The predicted octanol–water partition coefficient (Wildman–Crippen LogP) is 7.66. The molecular formula is C30H48O2. The second kappa shape index (κ2) is 7.82. The molecular weight excluding hydrogens is 392 g/mol. The molecule has 2 heteroatoms. The molecule has 4 aliphatic carbocycles. The highest BCUT2D eigenvalue weighted by molar-refractivity contribution is 5.71. The van der Waals surface area contributed by atoms with Crippen LogP contribution in [0.25, 0.3) is 0 Å². The molecule has 4 rings (SSSR count). The smallest absolute Gasteiger partial charge is 0.145 e. The molecule has 0 radical (unpaired) electrons. The summed E-state index contributed by atoms with van der Waals surface area (Å²) in [5.74, 6) is 1.39. The fraction of sp³-hybridized carbons (Fsp3) is 0.833. The van der Waals surface area contributed by atoms with Gasteiger partial charge in [0, 0.05) is 5.41 Å². The van der Waals surface area contributed by atoms with Crippen LogP contribution in [0.1, 0.15) is 113 Å². The van der Waals surface area contributed by atoms with Crippen molar-refractivity contribution in [2.45, 2.75) is 119 Å². The lowest BCUT2D eigenvalue weighted by molar-refractivity contribution is -0.183. The van der Waals surface area contributed by atoms with Crippen LogP contribution < -0.4 is 0 Å². The molecule has 0 bridgehead atoms. The van der Waals surface area contributed by atoms with Crippen LogP contribution in [0, 0.1) is 38.9 Å². The van der Waals surface area contributed by atoms with Crippen molar-refractivity contribution in [2.24, 2.45) is 38.9 Å². The first-order valence-corrected chi connectivity index (χ1v) is 13.3. The molecule has 0 aliphatic heterocycles. The van der Waals surface area contributed by atoms with Gasteiger partial charge in [0.15, 0.2) is 0 Å². The van der Waals surface area contributed by atoms with Crippen LogP contribution >= 0.6 is 0 Å². The van der Waals surface area contributed by atoms with Gasteiger partial charge in [0.05, 0.1) is 6.10 Å². The van der Waals surface area contributed by atoms with Gasteiger partial charge in [0.2, 0.25) is 0 Å². The Balaban J connectivity index is 1.60. The lowest BCUT2D eigenvalue weighted by Crippen LogP contribution is -2.61. The van der Waals surface area contributed by atoms with Gasteiger partial charge in [0.1, 0.15) is 6.29 Å². The zero-order valence-electron chi connectivity index (χ0n) is 21.9. The maximum Gasteiger partial charge on any atom is 0.145 e. The number of aliphatic hydroxyl groups excluding tert-OH is 1. The van der Waals surface area contributed by atoms with Crippen molar-refractivity contribution in [1.82, 2.24) is 0 Å². The molecule has 0 amide bonds. The van der Waals surface area contributed by atoms with E-state index in [9.17, 15) is 9.90 Å². The van der Waals surface area contributed by atoms with E-state index in [0.717, 1.165) is 37.0 Å². The van der Waals surface area contributed by atoms with E-state index < -0.39 is 0 Å².